The monoisotopic (exact) mass is 503 g/mol. The van der Waals surface area contributed by atoms with Crippen LogP contribution in [0.15, 0.2) is 53.4 Å². The van der Waals surface area contributed by atoms with Crippen LogP contribution in [-0.4, -0.2) is 49.0 Å². The van der Waals surface area contributed by atoms with Gasteiger partial charge in [-0.25, -0.2) is 0 Å². The number of carbonyl (C=O) groups is 1. The Kier molecular flexibility index (Phi) is 7.95. The molecule has 186 valence electrons. The molecule has 0 bridgehead atoms. The molecule has 0 aromatic heterocycles. The Labute approximate surface area is 207 Å². The number of methoxy groups -OCH3 is 2. The minimum Gasteiger partial charge on any atom is -0.497 e. The van der Waals surface area contributed by atoms with Gasteiger partial charge in [-0.2, -0.15) is 0 Å². The van der Waals surface area contributed by atoms with Gasteiger partial charge in [0.05, 0.1) is 43.6 Å². The maximum atomic E-state index is 13.7. The Balaban J connectivity index is 1.92. The lowest BCUT2D eigenvalue weighted by molar-refractivity contribution is -0.157. The van der Waals surface area contributed by atoms with E-state index in [1.165, 1.54) is 0 Å². The van der Waals surface area contributed by atoms with E-state index in [9.17, 15) is 9.00 Å². The van der Waals surface area contributed by atoms with Gasteiger partial charge in [0.1, 0.15) is 16.9 Å². The second-order valence-electron chi connectivity index (χ2n) is 10.3. The quantitative estimate of drug-likeness (QED) is 0.347. The van der Waals surface area contributed by atoms with Crippen LogP contribution in [0.1, 0.15) is 33.3 Å². The zero-order valence-corrected chi connectivity index (χ0v) is 23.3. The molecule has 1 fully saturated rings. The number of ether oxygens (including phenoxy) is 2. The van der Waals surface area contributed by atoms with Gasteiger partial charge in [0.2, 0.25) is 5.91 Å². The second-order valence-corrected chi connectivity index (χ2v) is 16.6. The van der Waals surface area contributed by atoms with Crippen molar-refractivity contribution in [2.45, 2.75) is 68.7 Å². The molecule has 3 rings (SSSR count). The lowest BCUT2D eigenvalue weighted by atomic mass is 9.92. The molecule has 0 N–H and O–H groups in total. The minimum atomic E-state index is -2.11. The van der Waals surface area contributed by atoms with Gasteiger partial charge in [0.25, 0.3) is 0 Å². The van der Waals surface area contributed by atoms with Gasteiger partial charge < -0.3 is 18.8 Å². The summed E-state index contributed by atoms with van der Waals surface area (Å²) in [5, 5.41) is -0.473. The summed E-state index contributed by atoms with van der Waals surface area (Å²) in [7, 11) is -0.328. The minimum absolute atomic E-state index is 0.0122. The number of amides is 1. The highest BCUT2D eigenvalue weighted by molar-refractivity contribution is 7.85. The average molecular weight is 504 g/mol. The Hall–Kier alpha value is -2.16. The maximum Gasteiger partial charge on any atom is 0.232 e. The first kappa shape index (κ1) is 26.4. The Morgan fingerprint density at radius 1 is 1.06 bits per heavy atom. The molecule has 0 aliphatic carbocycles. The largest absolute Gasteiger partial charge is 0.497 e. The van der Waals surface area contributed by atoms with E-state index in [-0.39, 0.29) is 17.0 Å². The fraction of sp³-hybridized carbons (Fsp3) is 0.500. The molecular formula is C26H37NO5SSi. The highest BCUT2D eigenvalue weighted by atomic mass is 32.2. The fourth-order valence-corrected chi connectivity index (χ4v) is 7.12. The number of rotatable bonds is 9. The van der Waals surface area contributed by atoms with Crippen molar-refractivity contribution < 1.29 is 22.9 Å². The summed E-state index contributed by atoms with van der Waals surface area (Å²) >= 11 is 0. The van der Waals surface area contributed by atoms with Gasteiger partial charge in [-0.05, 0) is 49.3 Å². The van der Waals surface area contributed by atoms with E-state index in [4.69, 9.17) is 13.9 Å². The van der Waals surface area contributed by atoms with Crippen LogP contribution in [0.25, 0.3) is 0 Å². The molecule has 1 amide bonds. The van der Waals surface area contributed by atoms with E-state index in [0.29, 0.717) is 22.9 Å². The van der Waals surface area contributed by atoms with Crippen LogP contribution < -0.4 is 9.47 Å². The van der Waals surface area contributed by atoms with E-state index in [1.54, 1.807) is 25.2 Å². The van der Waals surface area contributed by atoms with E-state index in [1.807, 2.05) is 49.4 Å². The third kappa shape index (κ3) is 5.24. The van der Waals surface area contributed by atoms with E-state index < -0.39 is 30.4 Å². The number of hydrogen-bond donors (Lipinski definition) is 0. The molecule has 1 aliphatic rings. The summed E-state index contributed by atoms with van der Waals surface area (Å²) in [5.41, 5.74) is 0.836. The second kappa shape index (κ2) is 10.2. The van der Waals surface area contributed by atoms with Gasteiger partial charge >= 0.3 is 0 Å². The Morgan fingerprint density at radius 3 is 2.26 bits per heavy atom. The zero-order valence-electron chi connectivity index (χ0n) is 21.5. The van der Waals surface area contributed by atoms with Gasteiger partial charge in [-0.3, -0.25) is 9.00 Å². The number of carbonyl (C=O) groups excluding carboxylic acids is 1. The van der Waals surface area contributed by atoms with Crippen molar-refractivity contribution >= 4 is 25.0 Å². The first-order valence-corrected chi connectivity index (χ1v) is 15.7. The molecule has 1 saturated heterocycles. The molecule has 2 aromatic rings. The normalized spacial score (nSPS) is 20.5. The van der Waals surface area contributed by atoms with Crippen molar-refractivity contribution in [1.29, 1.82) is 0 Å². The molecule has 1 aliphatic heterocycles. The summed E-state index contributed by atoms with van der Waals surface area (Å²) < 4.78 is 31.1. The van der Waals surface area contributed by atoms with E-state index >= 15 is 0 Å². The van der Waals surface area contributed by atoms with Crippen LogP contribution in [-0.2, 0) is 26.6 Å². The number of benzene rings is 2. The lowest BCUT2D eigenvalue weighted by Gasteiger charge is -2.50. The number of nitrogens with zero attached hydrogens (tertiary/aromatic N) is 1. The average Bonchev–Trinajstić information content (AvgIpc) is 2.79. The lowest BCUT2D eigenvalue weighted by Crippen LogP contribution is -2.66. The highest BCUT2D eigenvalue weighted by Gasteiger charge is 2.55. The molecule has 0 spiro atoms. The van der Waals surface area contributed by atoms with Crippen LogP contribution >= 0.6 is 0 Å². The van der Waals surface area contributed by atoms with Crippen molar-refractivity contribution in [3.63, 3.8) is 0 Å². The fourth-order valence-electron chi connectivity index (χ4n) is 3.97. The molecule has 8 heteroatoms. The van der Waals surface area contributed by atoms with E-state index in [0.717, 1.165) is 5.56 Å². The standard InChI is InChI=1S/C26H37NO5SSi/c1-18(32-34(7,8)26(2,3)4)23-24(28)27(25(23)33(29)21-12-10-9-11-13-21)17-19-14-15-20(30-5)16-22(19)31-6/h9-16,18,23,25H,17H2,1-8H3/t18-,23+,25-,33?/m1/s1. The molecule has 1 heterocycles. The summed E-state index contributed by atoms with van der Waals surface area (Å²) in [6.45, 7) is 13.1. The first-order chi connectivity index (χ1) is 15.9. The van der Waals surface area contributed by atoms with Crippen molar-refractivity contribution in [1.82, 2.24) is 4.90 Å². The van der Waals surface area contributed by atoms with Gasteiger partial charge in [-0.15, -0.1) is 0 Å². The molecule has 0 saturated carbocycles. The maximum absolute atomic E-state index is 13.7. The molecule has 4 atom stereocenters. The number of hydrogen-bond acceptors (Lipinski definition) is 5. The SMILES string of the molecule is COc1ccc(CN2C(=O)[C@H]([C@@H](C)O[Si](C)(C)C(C)(C)C)[C@H]2S(=O)c2ccccc2)c(OC)c1. The molecular weight excluding hydrogens is 466 g/mol. The van der Waals surface area contributed by atoms with Gasteiger partial charge in [-0.1, -0.05) is 39.0 Å². The first-order valence-electron chi connectivity index (χ1n) is 11.6. The van der Waals surface area contributed by atoms with Crippen LogP contribution in [0.3, 0.4) is 0 Å². The topological polar surface area (TPSA) is 65.1 Å². The van der Waals surface area contributed by atoms with Crippen molar-refractivity contribution in [3.05, 3.63) is 54.1 Å². The summed E-state index contributed by atoms with van der Waals surface area (Å²) in [6.07, 6.45) is -0.333. The molecule has 34 heavy (non-hydrogen) atoms. The summed E-state index contributed by atoms with van der Waals surface area (Å²) in [4.78, 5) is 15.9. The highest BCUT2D eigenvalue weighted by Crippen LogP contribution is 2.42. The van der Waals surface area contributed by atoms with Crippen molar-refractivity contribution in [3.8, 4) is 11.5 Å². The zero-order chi connectivity index (χ0) is 25.3. The molecule has 2 aromatic carbocycles. The van der Waals surface area contributed by atoms with Crippen LogP contribution in [0.4, 0.5) is 0 Å². The van der Waals surface area contributed by atoms with E-state index in [2.05, 4.69) is 33.9 Å². The predicted octanol–water partition coefficient (Wildman–Crippen LogP) is 5.21. The third-order valence-electron chi connectivity index (χ3n) is 7.00. The molecule has 1 unspecified atom stereocenters. The molecule has 6 nitrogen and oxygen atoms in total. The Morgan fingerprint density at radius 2 is 1.71 bits per heavy atom. The summed E-state index contributed by atoms with van der Waals surface area (Å²) in [5.74, 6) is 0.789. The van der Waals surface area contributed by atoms with Gasteiger partial charge in [0, 0.05) is 16.5 Å². The Bertz CT molecular complexity index is 1040. The van der Waals surface area contributed by atoms with Crippen molar-refractivity contribution in [2.24, 2.45) is 5.92 Å². The van der Waals surface area contributed by atoms with Crippen molar-refractivity contribution in [2.75, 3.05) is 14.2 Å². The molecule has 0 radical (unpaired) electrons. The number of likely N-dealkylation sites (tertiary alicyclic amines) is 1. The third-order valence-corrected chi connectivity index (χ3v) is 13.3. The van der Waals surface area contributed by atoms with Crippen LogP contribution in [0.5, 0.6) is 11.5 Å². The number of β-lactam (4-membered cyclic amide) rings is 1. The van der Waals surface area contributed by atoms with Crippen LogP contribution in [0, 0.1) is 5.92 Å². The van der Waals surface area contributed by atoms with Gasteiger partial charge in [0.15, 0.2) is 8.32 Å². The summed E-state index contributed by atoms with van der Waals surface area (Å²) in [6, 6.07) is 14.9. The smallest absolute Gasteiger partial charge is 0.232 e. The van der Waals surface area contributed by atoms with Crippen LogP contribution in [0.2, 0.25) is 18.1 Å². The predicted molar refractivity (Wildman–Crippen MR) is 138 cm³/mol.